The molecule has 4 nitrogen and oxygen atoms in total. The molecule has 0 aliphatic carbocycles. The maximum absolute atomic E-state index is 12.1. The van der Waals surface area contributed by atoms with Crippen LogP contribution < -0.4 is 11.1 Å². The fourth-order valence-corrected chi connectivity index (χ4v) is 2.63. The van der Waals surface area contributed by atoms with Gasteiger partial charge < -0.3 is 11.1 Å². The van der Waals surface area contributed by atoms with Crippen molar-refractivity contribution in [3.63, 3.8) is 0 Å². The first-order valence-electron chi connectivity index (χ1n) is 7.15. The number of hydrogen-bond acceptors (Lipinski definition) is 3. The number of carbonyl (C=O) groups is 1. The Hall–Kier alpha value is -1.26. The highest BCUT2D eigenvalue weighted by molar-refractivity contribution is 6.33. The van der Waals surface area contributed by atoms with E-state index in [4.69, 9.17) is 17.3 Å². The Morgan fingerprint density at radius 3 is 2.75 bits per heavy atom. The molecule has 3 N–H and O–H groups in total. The van der Waals surface area contributed by atoms with E-state index in [0.717, 1.165) is 13.1 Å². The zero-order valence-electron chi connectivity index (χ0n) is 11.9. The quantitative estimate of drug-likeness (QED) is 0.839. The van der Waals surface area contributed by atoms with Crippen LogP contribution in [-0.2, 0) is 0 Å². The number of halogens is 1. The molecule has 1 unspecified atom stereocenters. The predicted molar refractivity (Wildman–Crippen MR) is 83.1 cm³/mol. The fraction of sp³-hybridized carbons (Fsp3) is 0.533. The number of likely N-dealkylation sites (tertiary alicyclic amines) is 1. The standard InChI is InChI=1S/C15H22ClN3O/c1-11(19-7-3-2-4-8-19)10-18-15(20)12-5-6-13(16)14(17)9-12/h5-6,9,11H,2-4,7-8,10,17H2,1H3,(H,18,20). The topological polar surface area (TPSA) is 58.4 Å². The van der Waals surface area contributed by atoms with Crippen molar-refractivity contribution in [2.75, 3.05) is 25.4 Å². The summed E-state index contributed by atoms with van der Waals surface area (Å²) in [4.78, 5) is 14.5. The highest BCUT2D eigenvalue weighted by atomic mass is 35.5. The number of hydrogen-bond donors (Lipinski definition) is 2. The van der Waals surface area contributed by atoms with Crippen LogP contribution in [0.5, 0.6) is 0 Å². The van der Waals surface area contributed by atoms with Crippen molar-refractivity contribution in [2.24, 2.45) is 0 Å². The van der Waals surface area contributed by atoms with Gasteiger partial charge in [-0.25, -0.2) is 0 Å². The molecule has 0 radical (unpaired) electrons. The zero-order chi connectivity index (χ0) is 14.5. The van der Waals surface area contributed by atoms with Crippen molar-refractivity contribution in [1.29, 1.82) is 0 Å². The van der Waals surface area contributed by atoms with E-state index in [9.17, 15) is 4.79 Å². The molecular weight excluding hydrogens is 274 g/mol. The number of piperidine rings is 1. The molecule has 5 heteroatoms. The van der Waals surface area contributed by atoms with Gasteiger partial charge in [0.1, 0.15) is 0 Å². The summed E-state index contributed by atoms with van der Waals surface area (Å²) in [5.74, 6) is -0.0998. The van der Waals surface area contributed by atoms with Crippen LogP contribution in [0, 0.1) is 0 Å². The van der Waals surface area contributed by atoms with Gasteiger partial charge in [-0.05, 0) is 51.1 Å². The lowest BCUT2D eigenvalue weighted by atomic mass is 10.1. The van der Waals surface area contributed by atoms with Gasteiger partial charge in [-0.1, -0.05) is 18.0 Å². The number of amides is 1. The minimum absolute atomic E-state index is 0.0998. The molecule has 1 aromatic rings. The van der Waals surface area contributed by atoms with Gasteiger partial charge in [-0.2, -0.15) is 0 Å². The highest BCUT2D eigenvalue weighted by Gasteiger charge is 2.17. The number of benzene rings is 1. The van der Waals surface area contributed by atoms with E-state index in [1.807, 2.05) is 0 Å². The number of carbonyl (C=O) groups excluding carboxylic acids is 1. The van der Waals surface area contributed by atoms with Crippen molar-refractivity contribution < 1.29 is 4.79 Å². The SMILES string of the molecule is CC(CNC(=O)c1ccc(Cl)c(N)c1)N1CCCCC1. The third-order valence-corrected chi connectivity index (χ3v) is 4.17. The molecule has 2 rings (SSSR count). The van der Waals surface area contributed by atoms with E-state index in [-0.39, 0.29) is 5.91 Å². The van der Waals surface area contributed by atoms with E-state index in [1.165, 1.54) is 19.3 Å². The van der Waals surface area contributed by atoms with Crippen LogP contribution in [0.1, 0.15) is 36.5 Å². The summed E-state index contributed by atoms with van der Waals surface area (Å²) in [5.41, 5.74) is 6.70. The largest absolute Gasteiger partial charge is 0.398 e. The van der Waals surface area contributed by atoms with Gasteiger partial charge in [0.15, 0.2) is 0 Å². The van der Waals surface area contributed by atoms with Crippen molar-refractivity contribution in [1.82, 2.24) is 10.2 Å². The Morgan fingerprint density at radius 2 is 2.10 bits per heavy atom. The van der Waals surface area contributed by atoms with Crippen LogP contribution in [0.25, 0.3) is 0 Å². The second-order valence-corrected chi connectivity index (χ2v) is 5.80. The molecule has 0 aromatic heterocycles. The summed E-state index contributed by atoms with van der Waals surface area (Å²) in [5, 5.41) is 3.44. The molecule has 0 bridgehead atoms. The average molecular weight is 296 g/mol. The van der Waals surface area contributed by atoms with Gasteiger partial charge in [0.2, 0.25) is 0 Å². The van der Waals surface area contributed by atoms with Crippen LogP contribution in [0.2, 0.25) is 5.02 Å². The molecule has 20 heavy (non-hydrogen) atoms. The van der Waals surface area contributed by atoms with Crippen LogP contribution in [0.3, 0.4) is 0 Å². The van der Waals surface area contributed by atoms with Gasteiger partial charge in [-0.15, -0.1) is 0 Å². The summed E-state index contributed by atoms with van der Waals surface area (Å²) in [6.45, 7) is 5.07. The Kier molecular flexibility index (Phi) is 5.26. The van der Waals surface area contributed by atoms with E-state index in [1.54, 1.807) is 18.2 Å². The van der Waals surface area contributed by atoms with Crippen molar-refractivity contribution in [2.45, 2.75) is 32.2 Å². The summed E-state index contributed by atoms with van der Waals surface area (Å²) in [6, 6.07) is 5.33. The summed E-state index contributed by atoms with van der Waals surface area (Å²) in [7, 11) is 0. The third kappa shape index (κ3) is 3.87. The molecule has 1 aromatic carbocycles. The van der Waals surface area contributed by atoms with Gasteiger partial charge in [0, 0.05) is 18.2 Å². The predicted octanol–water partition coefficient (Wildman–Crippen LogP) is 2.53. The van der Waals surface area contributed by atoms with Crippen molar-refractivity contribution in [3.05, 3.63) is 28.8 Å². The van der Waals surface area contributed by atoms with Crippen LogP contribution >= 0.6 is 11.6 Å². The lowest BCUT2D eigenvalue weighted by Crippen LogP contribution is -2.44. The van der Waals surface area contributed by atoms with E-state index in [0.29, 0.717) is 28.9 Å². The van der Waals surface area contributed by atoms with Gasteiger partial charge in [0.25, 0.3) is 5.91 Å². The minimum Gasteiger partial charge on any atom is -0.398 e. The number of nitrogens with zero attached hydrogens (tertiary/aromatic N) is 1. The molecular formula is C15H22ClN3O. The first kappa shape index (κ1) is 15.1. The fourth-order valence-electron chi connectivity index (χ4n) is 2.52. The summed E-state index contributed by atoms with van der Waals surface area (Å²) >= 11 is 5.85. The first-order chi connectivity index (χ1) is 9.58. The number of nitrogens with one attached hydrogen (secondary N) is 1. The second-order valence-electron chi connectivity index (χ2n) is 5.39. The smallest absolute Gasteiger partial charge is 0.251 e. The van der Waals surface area contributed by atoms with Crippen molar-refractivity contribution >= 4 is 23.2 Å². The molecule has 1 heterocycles. The summed E-state index contributed by atoms with van der Waals surface area (Å²) in [6.07, 6.45) is 3.83. The van der Waals surface area contributed by atoms with Gasteiger partial charge in [-0.3, -0.25) is 9.69 Å². The lowest BCUT2D eigenvalue weighted by Gasteiger charge is -2.32. The average Bonchev–Trinajstić information content (AvgIpc) is 2.48. The lowest BCUT2D eigenvalue weighted by molar-refractivity contribution is 0.0930. The summed E-state index contributed by atoms with van der Waals surface area (Å²) < 4.78 is 0. The van der Waals surface area contributed by atoms with E-state index >= 15 is 0 Å². The maximum Gasteiger partial charge on any atom is 0.251 e. The third-order valence-electron chi connectivity index (χ3n) is 3.83. The molecule has 1 fully saturated rings. The Morgan fingerprint density at radius 1 is 1.40 bits per heavy atom. The molecule has 0 saturated carbocycles. The number of rotatable bonds is 4. The normalized spacial score (nSPS) is 17.7. The Labute approximate surface area is 125 Å². The molecule has 0 spiro atoms. The molecule has 1 aliphatic rings. The number of anilines is 1. The Balaban J connectivity index is 1.86. The van der Waals surface area contributed by atoms with E-state index < -0.39 is 0 Å². The first-order valence-corrected chi connectivity index (χ1v) is 7.53. The zero-order valence-corrected chi connectivity index (χ0v) is 12.6. The molecule has 1 aliphatic heterocycles. The number of nitrogens with two attached hydrogens (primary N) is 1. The molecule has 110 valence electrons. The second kappa shape index (κ2) is 6.95. The van der Waals surface area contributed by atoms with Crippen LogP contribution in [0.15, 0.2) is 18.2 Å². The van der Waals surface area contributed by atoms with Gasteiger partial charge in [0.05, 0.1) is 10.7 Å². The van der Waals surface area contributed by atoms with E-state index in [2.05, 4.69) is 17.1 Å². The monoisotopic (exact) mass is 295 g/mol. The molecule has 1 saturated heterocycles. The van der Waals surface area contributed by atoms with Crippen LogP contribution in [-0.4, -0.2) is 36.5 Å². The number of nitrogen functional groups attached to an aromatic ring is 1. The maximum atomic E-state index is 12.1. The Bertz CT molecular complexity index is 472. The van der Waals surface area contributed by atoms with Crippen molar-refractivity contribution in [3.8, 4) is 0 Å². The molecule has 1 amide bonds. The molecule has 1 atom stereocenters. The highest BCUT2D eigenvalue weighted by Crippen LogP contribution is 2.19. The van der Waals surface area contributed by atoms with Gasteiger partial charge >= 0.3 is 0 Å². The minimum atomic E-state index is -0.0998. The van der Waals surface area contributed by atoms with Crippen LogP contribution in [0.4, 0.5) is 5.69 Å².